The number of benzene rings is 1. The highest BCUT2D eigenvalue weighted by molar-refractivity contribution is 5.98. The molecule has 0 aromatic heterocycles. The van der Waals surface area contributed by atoms with Crippen LogP contribution in [-0.4, -0.2) is 55.3 Å². The van der Waals surface area contributed by atoms with Crippen molar-refractivity contribution < 1.29 is 14.7 Å². The molecule has 1 saturated heterocycles. The molecule has 0 amide bonds. The van der Waals surface area contributed by atoms with E-state index in [1.54, 1.807) is 6.92 Å². The van der Waals surface area contributed by atoms with Crippen LogP contribution in [0.4, 0.5) is 0 Å². The molecule has 0 radical (unpaired) electrons. The molecule has 1 aromatic rings. The summed E-state index contributed by atoms with van der Waals surface area (Å²) in [6.45, 7) is 6.94. The van der Waals surface area contributed by atoms with Crippen LogP contribution in [0.15, 0.2) is 29.4 Å². The normalized spacial score (nSPS) is 17.4. The molecule has 0 aliphatic carbocycles. The van der Waals surface area contributed by atoms with Gasteiger partial charge in [0.25, 0.3) is 0 Å². The highest BCUT2D eigenvalue weighted by Crippen LogP contribution is 2.13. The highest BCUT2D eigenvalue weighted by atomic mass is 16.5. The molecule has 5 nitrogen and oxygen atoms in total. The van der Waals surface area contributed by atoms with Crippen LogP contribution in [0.2, 0.25) is 0 Å². The maximum Gasteiger partial charge on any atom is 0.119 e. The fourth-order valence-corrected chi connectivity index (χ4v) is 1.97. The fraction of sp³-hybridized carbons (Fsp3) is 0.500. The molecular weight excluding hydrogens is 244 g/mol. The smallest absolute Gasteiger partial charge is 0.119 e. The van der Waals surface area contributed by atoms with E-state index in [1.165, 1.54) is 0 Å². The average Bonchev–Trinajstić information content (AvgIpc) is 2.48. The van der Waals surface area contributed by atoms with Gasteiger partial charge in [0.15, 0.2) is 0 Å². The number of morpholine rings is 1. The first-order valence-corrected chi connectivity index (χ1v) is 6.51. The molecule has 5 heteroatoms. The Morgan fingerprint density at radius 3 is 2.63 bits per heavy atom. The molecule has 0 spiro atoms. The summed E-state index contributed by atoms with van der Waals surface area (Å²) in [6, 6.07) is 7.56. The molecule has 1 aliphatic rings. The summed E-state index contributed by atoms with van der Waals surface area (Å²) in [7, 11) is 0. The van der Waals surface area contributed by atoms with E-state index >= 15 is 0 Å². The second-order valence-corrected chi connectivity index (χ2v) is 4.51. The van der Waals surface area contributed by atoms with Gasteiger partial charge in [-0.25, -0.2) is 0 Å². The van der Waals surface area contributed by atoms with E-state index < -0.39 is 0 Å². The van der Waals surface area contributed by atoms with E-state index in [2.05, 4.69) is 10.1 Å². The lowest BCUT2D eigenvalue weighted by molar-refractivity contribution is 0.0322. The van der Waals surface area contributed by atoms with E-state index in [4.69, 9.17) is 14.7 Å². The Balaban J connectivity index is 1.76. The zero-order valence-corrected chi connectivity index (χ0v) is 11.2. The molecule has 104 valence electrons. The highest BCUT2D eigenvalue weighted by Gasteiger charge is 2.09. The summed E-state index contributed by atoms with van der Waals surface area (Å²) in [5.74, 6) is 0.836. The lowest BCUT2D eigenvalue weighted by atomic mass is 10.1. The minimum Gasteiger partial charge on any atom is -0.492 e. The Morgan fingerprint density at radius 1 is 1.32 bits per heavy atom. The van der Waals surface area contributed by atoms with Crippen molar-refractivity contribution in [2.24, 2.45) is 5.16 Å². The Hall–Kier alpha value is -1.59. The van der Waals surface area contributed by atoms with Crippen molar-refractivity contribution in [2.45, 2.75) is 6.92 Å². The van der Waals surface area contributed by atoms with Crippen LogP contribution < -0.4 is 4.74 Å². The maximum absolute atomic E-state index is 8.68. The first-order valence-electron chi connectivity index (χ1n) is 6.51. The van der Waals surface area contributed by atoms with E-state index in [9.17, 15) is 0 Å². The van der Waals surface area contributed by atoms with Gasteiger partial charge in [-0.3, -0.25) is 4.90 Å². The monoisotopic (exact) mass is 264 g/mol. The largest absolute Gasteiger partial charge is 0.492 e. The predicted molar refractivity (Wildman–Crippen MR) is 73.2 cm³/mol. The summed E-state index contributed by atoms with van der Waals surface area (Å²) in [4.78, 5) is 2.33. The Labute approximate surface area is 113 Å². The minimum atomic E-state index is 0.597. The fourth-order valence-electron chi connectivity index (χ4n) is 1.97. The van der Waals surface area contributed by atoms with Crippen molar-refractivity contribution in [3.05, 3.63) is 29.8 Å². The van der Waals surface area contributed by atoms with Crippen molar-refractivity contribution in [3.63, 3.8) is 0 Å². The van der Waals surface area contributed by atoms with Crippen molar-refractivity contribution >= 4 is 5.71 Å². The Morgan fingerprint density at radius 2 is 2.00 bits per heavy atom. The van der Waals surface area contributed by atoms with E-state index in [-0.39, 0.29) is 0 Å². The second kappa shape index (κ2) is 7.11. The molecule has 1 aliphatic heterocycles. The molecule has 0 unspecified atom stereocenters. The molecule has 19 heavy (non-hydrogen) atoms. The van der Waals surface area contributed by atoms with E-state index in [0.29, 0.717) is 12.3 Å². The van der Waals surface area contributed by atoms with Gasteiger partial charge in [-0.2, -0.15) is 0 Å². The number of hydrogen-bond acceptors (Lipinski definition) is 5. The van der Waals surface area contributed by atoms with Crippen LogP contribution >= 0.6 is 0 Å². The third kappa shape index (κ3) is 4.22. The SMILES string of the molecule is C/C(=N\O)c1ccc(OCCN2CCOCC2)cc1. The molecule has 1 aromatic carbocycles. The molecule has 0 bridgehead atoms. The van der Waals surface area contributed by atoms with Crippen molar-refractivity contribution in [2.75, 3.05) is 39.5 Å². The van der Waals surface area contributed by atoms with Crippen LogP contribution in [0.5, 0.6) is 5.75 Å². The van der Waals surface area contributed by atoms with Gasteiger partial charge in [-0.05, 0) is 36.8 Å². The van der Waals surface area contributed by atoms with Crippen molar-refractivity contribution in [3.8, 4) is 5.75 Å². The van der Waals surface area contributed by atoms with Gasteiger partial charge in [-0.15, -0.1) is 0 Å². The lowest BCUT2D eigenvalue weighted by Gasteiger charge is -2.26. The molecule has 1 fully saturated rings. The number of hydrogen-bond donors (Lipinski definition) is 1. The van der Waals surface area contributed by atoms with Crippen molar-refractivity contribution in [1.29, 1.82) is 0 Å². The first-order chi connectivity index (χ1) is 9.29. The third-order valence-electron chi connectivity index (χ3n) is 3.20. The van der Waals surface area contributed by atoms with Gasteiger partial charge in [-0.1, -0.05) is 5.16 Å². The zero-order valence-electron chi connectivity index (χ0n) is 11.2. The van der Waals surface area contributed by atoms with Crippen molar-refractivity contribution in [1.82, 2.24) is 4.90 Å². The third-order valence-corrected chi connectivity index (χ3v) is 3.20. The molecule has 1 heterocycles. The molecule has 1 N–H and O–H groups in total. The van der Waals surface area contributed by atoms with Crippen LogP contribution in [0.1, 0.15) is 12.5 Å². The predicted octanol–water partition coefficient (Wildman–Crippen LogP) is 1.60. The summed E-state index contributed by atoms with van der Waals surface area (Å²) in [5.41, 5.74) is 1.49. The number of ether oxygens (including phenoxy) is 2. The van der Waals surface area contributed by atoms with Crippen LogP contribution in [0.3, 0.4) is 0 Å². The van der Waals surface area contributed by atoms with E-state index in [0.717, 1.165) is 44.2 Å². The average molecular weight is 264 g/mol. The Kier molecular flexibility index (Phi) is 5.18. The van der Waals surface area contributed by atoms with Gasteiger partial charge in [0.05, 0.1) is 18.9 Å². The molecule has 0 saturated carbocycles. The number of oxime groups is 1. The number of nitrogens with zero attached hydrogens (tertiary/aromatic N) is 2. The standard InChI is InChI=1S/C14H20N2O3/c1-12(15-17)13-2-4-14(5-3-13)19-11-8-16-6-9-18-10-7-16/h2-5,17H,6-11H2,1H3/b15-12+. The van der Waals surface area contributed by atoms with Crippen LogP contribution in [0.25, 0.3) is 0 Å². The molecule has 0 atom stereocenters. The van der Waals surface area contributed by atoms with Gasteiger partial charge < -0.3 is 14.7 Å². The summed E-state index contributed by atoms with van der Waals surface area (Å²) in [5, 5.41) is 11.9. The second-order valence-electron chi connectivity index (χ2n) is 4.51. The van der Waals surface area contributed by atoms with Gasteiger partial charge in [0, 0.05) is 19.6 Å². The summed E-state index contributed by atoms with van der Waals surface area (Å²) < 4.78 is 11.0. The quantitative estimate of drug-likeness (QED) is 0.498. The summed E-state index contributed by atoms with van der Waals surface area (Å²) in [6.07, 6.45) is 0. The zero-order chi connectivity index (χ0) is 13.5. The lowest BCUT2D eigenvalue weighted by Crippen LogP contribution is -2.38. The van der Waals surface area contributed by atoms with Crippen LogP contribution in [-0.2, 0) is 4.74 Å². The number of rotatable bonds is 5. The first kappa shape index (κ1) is 13.8. The Bertz CT molecular complexity index is 411. The molecule has 2 rings (SSSR count). The topological polar surface area (TPSA) is 54.3 Å². The maximum atomic E-state index is 8.68. The van der Waals surface area contributed by atoms with Gasteiger partial charge >= 0.3 is 0 Å². The van der Waals surface area contributed by atoms with E-state index in [1.807, 2.05) is 24.3 Å². The van der Waals surface area contributed by atoms with Crippen LogP contribution in [0, 0.1) is 0 Å². The van der Waals surface area contributed by atoms with Gasteiger partial charge in [0.1, 0.15) is 12.4 Å². The molecular formula is C14H20N2O3. The minimum absolute atomic E-state index is 0.597. The van der Waals surface area contributed by atoms with Gasteiger partial charge in [0.2, 0.25) is 0 Å². The summed E-state index contributed by atoms with van der Waals surface area (Å²) >= 11 is 0.